The lowest BCUT2D eigenvalue weighted by Crippen LogP contribution is -2.29. The summed E-state index contributed by atoms with van der Waals surface area (Å²) >= 11 is 6.47. The summed E-state index contributed by atoms with van der Waals surface area (Å²) in [5, 5.41) is -0.0300. The first-order valence-electron chi connectivity index (χ1n) is 9.25. The van der Waals surface area contributed by atoms with E-state index in [1.54, 1.807) is 29.7 Å². The van der Waals surface area contributed by atoms with Gasteiger partial charge in [-0.1, -0.05) is 26.9 Å². The molecule has 0 bridgehead atoms. The molecule has 0 radical (unpaired) electrons. The maximum Gasteiger partial charge on any atom is 0.287 e. The molecule has 0 aromatic carbocycles. The molecule has 0 aliphatic carbocycles. The van der Waals surface area contributed by atoms with Gasteiger partial charge in [0.05, 0.1) is 30.6 Å². The molecule has 1 unspecified atom stereocenters. The van der Waals surface area contributed by atoms with E-state index in [4.69, 9.17) is 20.4 Å². The Bertz CT molecular complexity index is 1310. The number of aromatic nitrogens is 2. The number of furan rings is 2. The van der Waals surface area contributed by atoms with E-state index in [2.05, 4.69) is 4.98 Å². The predicted molar refractivity (Wildman–Crippen MR) is 114 cm³/mol. The molecule has 0 fully saturated rings. The summed E-state index contributed by atoms with van der Waals surface area (Å²) in [5.41, 5.74) is -0.931. The van der Waals surface area contributed by atoms with Crippen LogP contribution in [0.5, 0.6) is 0 Å². The van der Waals surface area contributed by atoms with Crippen molar-refractivity contribution in [2.75, 3.05) is 13.1 Å². The molecule has 1 amide bonds. The van der Waals surface area contributed by atoms with Crippen molar-refractivity contribution in [3.63, 3.8) is 0 Å². The maximum absolute atomic E-state index is 14.4. The van der Waals surface area contributed by atoms with Crippen LogP contribution < -0.4 is 0 Å². The van der Waals surface area contributed by atoms with Crippen LogP contribution in [0.2, 0.25) is 5.15 Å². The SMILES string of the molecule is O=C(c1nc2c(C(F)(F)P)cc(-c3ccoc3)cn2c1Cl)N1CC=C(c2ccoc2)C1. The highest BCUT2D eigenvalue weighted by molar-refractivity contribution is 7.17. The molecule has 1 atom stereocenters. The average Bonchev–Trinajstić information content (AvgIpc) is 3.53. The Morgan fingerprint density at radius 2 is 1.87 bits per heavy atom. The minimum absolute atomic E-state index is 0.0300. The molecule has 0 saturated carbocycles. The minimum atomic E-state index is -3.28. The number of imidazole rings is 1. The molecule has 5 rings (SSSR count). The number of rotatable bonds is 4. The van der Waals surface area contributed by atoms with Gasteiger partial charge in [-0.15, -0.1) is 0 Å². The largest absolute Gasteiger partial charge is 0.472 e. The fourth-order valence-electron chi connectivity index (χ4n) is 3.60. The lowest BCUT2D eigenvalue weighted by Gasteiger charge is -2.14. The molecule has 4 aromatic heterocycles. The van der Waals surface area contributed by atoms with Crippen molar-refractivity contribution in [2.24, 2.45) is 0 Å². The molecular formula is C21H15ClF2N3O3P. The molecule has 0 spiro atoms. The third-order valence-corrected chi connectivity index (χ3v) is 5.85. The second kappa shape index (κ2) is 7.32. The molecule has 0 saturated heterocycles. The van der Waals surface area contributed by atoms with E-state index < -0.39 is 11.6 Å². The molecular weight excluding hydrogens is 447 g/mol. The summed E-state index contributed by atoms with van der Waals surface area (Å²) < 4.78 is 40.2. The zero-order valence-electron chi connectivity index (χ0n) is 15.9. The number of halogens is 3. The van der Waals surface area contributed by atoms with E-state index in [0.717, 1.165) is 11.1 Å². The van der Waals surface area contributed by atoms with Crippen LogP contribution in [0.3, 0.4) is 0 Å². The summed E-state index contributed by atoms with van der Waals surface area (Å²) in [6.07, 6.45) is 9.51. The van der Waals surface area contributed by atoms with Gasteiger partial charge in [0.15, 0.2) is 5.69 Å². The van der Waals surface area contributed by atoms with Gasteiger partial charge in [-0.2, -0.15) is 8.78 Å². The lowest BCUT2D eigenvalue weighted by atomic mass is 10.1. The van der Waals surface area contributed by atoms with Crippen molar-refractivity contribution in [3.05, 3.63) is 77.5 Å². The molecule has 5 heterocycles. The normalized spacial score (nSPS) is 14.5. The summed E-state index contributed by atoms with van der Waals surface area (Å²) in [7, 11) is 1.51. The molecule has 10 heteroatoms. The average molecular weight is 462 g/mol. The Morgan fingerprint density at radius 3 is 2.52 bits per heavy atom. The van der Waals surface area contributed by atoms with Crippen molar-refractivity contribution in [1.82, 2.24) is 14.3 Å². The minimum Gasteiger partial charge on any atom is -0.472 e. The Hall–Kier alpha value is -2.96. The van der Waals surface area contributed by atoms with Crippen LogP contribution in [0.25, 0.3) is 22.3 Å². The first-order valence-corrected chi connectivity index (χ1v) is 10.2. The zero-order valence-corrected chi connectivity index (χ0v) is 17.8. The van der Waals surface area contributed by atoms with Crippen molar-refractivity contribution in [3.8, 4) is 11.1 Å². The van der Waals surface area contributed by atoms with E-state index in [9.17, 15) is 13.6 Å². The van der Waals surface area contributed by atoms with E-state index in [1.165, 1.54) is 32.2 Å². The molecule has 6 nitrogen and oxygen atoms in total. The van der Waals surface area contributed by atoms with E-state index in [-0.39, 0.29) is 22.1 Å². The quantitative estimate of drug-likeness (QED) is 0.387. The fraction of sp³-hybridized carbons (Fsp3) is 0.143. The number of carbonyl (C=O) groups excluding carboxylic acids is 1. The Kier molecular flexibility index (Phi) is 4.72. The molecule has 0 N–H and O–H groups in total. The first kappa shape index (κ1) is 20.0. The molecule has 31 heavy (non-hydrogen) atoms. The van der Waals surface area contributed by atoms with Crippen molar-refractivity contribution >= 4 is 38.0 Å². The van der Waals surface area contributed by atoms with Gasteiger partial charge < -0.3 is 13.7 Å². The third-order valence-electron chi connectivity index (χ3n) is 5.18. The zero-order chi connectivity index (χ0) is 21.8. The van der Waals surface area contributed by atoms with E-state index in [0.29, 0.717) is 24.2 Å². The summed E-state index contributed by atoms with van der Waals surface area (Å²) in [5.74, 6) is -0.439. The third kappa shape index (κ3) is 3.46. The smallest absolute Gasteiger partial charge is 0.287 e. The van der Waals surface area contributed by atoms with Gasteiger partial charge in [0, 0.05) is 36.0 Å². The van der Waals surface area contributed by atoms with Crippen LogP contribution in [0.4, 0.5) is 8.78 Å². The molecule has 4 aromatic rings. The Labute approximate surface area is 182 Å². The summed E-state index contributed by atoms with van der Waals surface area (Å²) in [6.45, 7) is 0.700. The van der Waals surface area contributed by atoms with Gasteiger partial charge in [0.25, 0.3) is 11.6 Å². The Balaban J connectivity index is 1.56. The number of amides is 1. The highest BCUT2D eigenvalue weighted by Gasteiger charge is 2.33. The standard InChI is InChI=1S/C21H15ClF2N3O3P/c22-18-17(20(28)26-4-1-12(8-26)13-2-5-29-10-13)25-19-16(21(23,24)31)7-15(9-27(18)19)14-3-6-30-11-14/h1-3,5-7,9-11H,4,8,31H2. The van der Waals surface area contributed by atoms with Gasteiger partial charge in [-0.05, 0) is 23.8 Å². The van der Waals surface area contributed by atoms with E-state index >= 15 is 0 Å². The van der Waals surface area contributed by atoms with Gasteiger partial charge in [-0.25, -0.2) is 4.98 Å². The number of hydrogen-bond acceptors (Lipinski definition) is 4. The van der Waals surface area contributed by atoms with Gasteiger partial charge in [0.2, 0.25) is 0 Å². The number of carbonyl (C=O) groups is 1. The maximum atomic E-state index is 14.4. The Morgan fingerprint density at radius 1 is 1.16 bits per heavy atom. The fourth-order valence-corrected chi connectivity index (χ4v) is 4.07. The van der Waals surface area contributed by atoms with Crippen LogP contribution >= 0.6 is 20.8 Å². The van der Waals surface area contributed by atoms with Crippen molar-refractivity contribution in [1.29, 1.82) is 0 Å². The molecule has 158 valence electrons. The highest BCUT2D eigenvalue weighted by Crippen LogP contribution is 2.40. The molecule has 1 aliphatic rings. The highest BCUT2D eigenvalue weighted by atomic mass is 35.5. The predicted octanol–water partition coefficient (Wildman–Crippen LogP) is 5.30. The van der Waals surface area contributed by atoms with Crippen LogP contribution in [0.1, 0.15) is 21.6 Å². The van der Waals surface area contributed by atoms with E-state index in [1.807, 2.05) is 12.1 Å². The van der Waals surface area contributed by atoms with Gasteiger partial charge in [-0.3, -0.25) is 9.20 Å². The number of hydrogen-bond donors (Lipinski definition) is 0. The van der Waals surface area contributed by atoms with Crippen molar-refractivity contribution < 1.29 is 22.4 Å². The van der Waals surface area contributed by atoms with Crippen LogP contribution in [0, 0.1) is 0 Å². The van der Waals surface area contributed by atoms with Crippen LogP contribution in [-0.4, -0.2) is 33.3 Å². The van der Waals surface area contributed by atoms with Crippen molar-refractivity contribution in [2.45, 2.75) is 5.66 Å². The molecule has 1 aliphatic heterocycles. The number of fused-ring (bicyclic) bond motifs is 1. The number of alkyl halides is 2. The van der Waals surface area contributed by atoms with Gasteiger partial charge >= 0.3 is 0 Å². The second-order valence-corrected chi connectivity index (χ2v) is 8.23. The second-order valence-electron chi connectivity index (χ2n) is 7.15. The summed E-state index contributed by atoms with van der Waals surface area (Å²) in [6, 6.07) is 4.78. The summed E-state index contributed by atoms with van der Waals surface area (Å²) in [4.78, 5) is 18.9. The van der Waals surface area contributed by atoms with Gasteiger partial charge in [0.1, 0.15) is 10.8 Å². The van der Waals surface area contributed by atoms with Crippen LogP contribution in [-0.2, 0) is 5.66 Å². The first-order chi connectivity index (χ1) is 14.8. The van der Waals surface area contributed by atoms with Crippen LogP contribution in [0.15, 0.2) is 64.4 Å². The monoisotopic (exact) mass is 461 g/mol. The number of pyridine rings is 1. The number of nitrogens with zero attached hydrogens (tertiary/aromatic N) is 3. The topological polar surface area (TPSA) is 63.9 Å². The lowest BCUT2D eigenvalue weighted by molar-refractivity contribution is 0.0796.